The average molecular weight is 418 g/mol. The molecule has 30 heavy (non-hydrogen) atoms. The van der Waals surface area contributed by atoms with Gasteiger partial charge in [-0.15, -0.1) is 0 Å². The number of aromatic nitrogens is 1. The van der Waals surface area contributed by atoms with Gasteiger partial charge in [-0.25, -0.2) is 0 Å². The van der Waals surface area contributed by atoms with Crippen molar-refractivity contribution in [2.75, 3.05) is 18.5 Å². The molecular formula is C23H29F2N3O2. The van der Waals surface area contributed by atoms with Crippen LogP contribution in [-0.2, 0) is 22.0 Å². The number of hydrogen-bond acceptors (Lipinski definition) is 4. The molecule has 1 aliphatic rings. The minimum Gasteiger partial charge on any atom is -0.377 e. The number of anilines is 1. The number of pyridine rings is 1. The summed E-state index contributed by atoms with van der Waals surface area (Å²) < 4.78 is 34.5. The molecule has 1 saturated heterocycles. The summed E-state index contributed by atoms with van der Waals surface area (Å²) in [5.41, 5.74) is 0.802. The lowest BCUT2D eigenvalue weighted by Gasteiger charge is -2.32. The van der Waals surface area contributed by atoms with Crippen molar-refractivity contribution in [3.63, 3.8) is 0 Å². The Bertz CT molecular complexity index is 807. The zero-order chi connectivity index (χ0) is 21.6. The van der Waals surface area contributed by atoms with Gasteiger partial charge in [-0.2, -0.15) is 8.78 Å². The summed E-state index contributed by atoms with van der Waals surface area (Å²) in [7, 11) is 0. The second kappa shape index (κ2) is 10.1. The molecule has 162 valence electrons. The van der Waals surface area contributed by atoms with Crippen molar-refractivity contribution in [2.24, 2.45) is 0 Å². The molecule has 1 aliphatic heterocycles. The fraction of sp³-hybridized carbons (Fsp3) is 0.478. The molecular weight excluding hydrogens is 388 g/mol. The van der Waals surface area contributed by atoms with Crippen molar-refractivity contribution in [3.05, 3.63) is 59.9 Å². The molecule has 1 atom stereocenters. The minimum absolute atomic E-state index is 0.258. The fourth-order valence-electron chi connectivity index (χ4n) is 3.47. The smallest absolute Gasteiger partial charge is 0.366 e. The molecule has 1 unspecified atom stereocenters. The predicted octanol–water partition coefficient (Wildman–Crippen LogP) is 4.59. The Kier molecular flexibility index (Phi) is 7.50. The standard InChI is InChI=1S/C23H29F2N3O2/c1-17(2)28(16-20-7-4-6-14-30-20)15-18-9-11-19(12-10-18)27-22(29)23(24,25)21-8-3-5-13-26-21/h3,5,8-13,17,20H,4,6-7,14-16H2,1-2H3,(H,27,29). The first kappa shape index (κ1) is 22.3. The van der Waals surface area contributed by atoms with E-state index < -0.39 is 17.5 Å². The number of halogens is 2. The van der Waals surface area contributed by atoms with Crippen LogP contribution in [0.1, 0.15) is 44.4 Å². The summed E-state index contributed by atoms with van der Waals surface area (Å²) in [6, 6.07) is 11.5. The van der Waals surface area contributed by atoms with Crippen LogP contribution in [-0.4, -0.2) is 41.1 Å². The predicted molar refractivity (Wildman–Crippen MR) is 112 cm³/mol. The van der Waals surface area contributed by atoms with Crippen molar-refractivity contribution in [1.82, 2.24) is 9.88 Å². The number of alkyl halides is 2. The van der Waals surface area contributed by atoms with E-state index in [4.69, 9.17) is 4.74 Å². The zero-order valence-electron chi connectivity index (χ0n) is 17.5. The van der Waals surface area contributed by atoms with Crippen LogP contribution in [0.4, 0.5) is 14.5 Å². The molecule has 1 amide bonds. The van der Waals surface area contributed by atoms with E-state index in [2.05, 4.69) is 29.0 Å². The van der Waals surface area contributed by atoms with Crippen LogP contribution in [0.2, 0.25) is 0 Å². The normalized spacial score (nSPS) is 17.3. The van der Waals surface area contributed by atoms with Crippen molar-refractivity contribution in [3.8, 4) is 0 Å². The number of carbonyl (C=O) groups is 1. The molecule has 1 N–H and O–H groups in total. The lowest BCUT2D eigenvalue weighted by atomic mass is 10.1. The summed E-state index contributed by atoms with van der Waals surface area (Å²) in [4.78, 5) is 18.0. The van der Waals surface area contributed by atoms with Gasteiger partial charge in [0.1, 0.15) is 5.69 Å². The van der Waals surface area contributed by atoms with Gasteiger partial charge in [0.2, 0.25) is 0 Å². The van der Waals surface area contributed by atoms with Crippen LogP contribution < -0.4 is 5.32 Å². The Morgan fingerprint density at radius 3 is 2.60 bits per heavy atom. The van der Waals surface area contributed by atoms with E-state index in [1.807, 2.05) is 12.1 Å². The summed E-state index contributed by atoms with van der Waals surface area (Å²) in [6.45, 7) is 6.73. The van der Waals surface area contributed by atoms with Crippen LogP contribution in [0.15, 0.2) is 48.7 Å². The monoisotopic (exact) mass is 417 g/mol. The van der Waals surface area contributed by atoms with E-state index in [-0.39, 0.29) is 6.10 Å². The van der Waals surface area contributed by atoms with E-state index in [0.717, 1.165) is 44.2 Å². The van der Waals surface area contributed by atoms with Gasteiger partial charge in [0, 0.05) is 37.6 Å². The van der Waals surface area contributed by atoms with E-state index >= 15 is 0 Å². The molecule has 1 fully saturated rings. The maximum absolute atomic E-state index is 14.3. The van der Waals surface area contributed by atoms with Gasteiger partial charge in [-0.1, -0.05) is 18.2 Å². The highest BCUT2D eigenvalue weighted by molar-refractivity contribution is 5.96. The number of nitrogens with zero attached hydrogens (tertiary/aromatic N) is 2. The van der Waals surface area contributed by atoms with Gasteiger partial charge in [0.15, 0.2) is 0 Å². The topological polar surface area (TPSA) is 54.5 Å². The number of amides is 1. The number of carbonyl (C=O) groups excluding carboxylic acids is 1. The molecule has 2 heterocycles. The molecule has 3 rings (SSSR count). The second-order valence-corrected chi connectivity index (χ2v) is 7.95. The molecule has 5 nitrogen and oxygen atoms in total. The Balaban J connectivity index is 1.60. The molecule has 7 heteroatoms. The molecule has 1 aromatic heterocycles. The van der Waals surface area contributed by atoms with Crippen LogP contribution in [0, 0.1) is 0 Å². The van der Waals surface area contributed by atoms with E-state index in [1.54, 1.807) is 12.1 Å². The van der Waals surface area contributed by atoms with Crippen molar-refractivity contribution < 1.29 is 18.3 Å². The fourth-order valence-corrected chi connectivity index (χ4v) is 3.47. The molecule has 0 radical (unpaired) electrons. The lowest BCUT2D eigenvalue weighted by Crippen LogP contribution is -2.39. The number of hydrogen-bond donors (Lipinski definition) is 1. The number of nitrogens with one attached hydrogen (secondary N) is 1. The summed E-state index contributed by atoms with van der Waals surface area (Å²) in [5, 5.41) is 2.29. The molecule has 0 bridgehead atoms. The molecule has 0 saturated carbocycles. The largest absolute Gasteiger partial charge is 0.377 e. The summed E-state index contributed by atoms with van der Waals surface area (Å²) in [5.74, 6) is -5.10. The Hall–Kier alpha value is -2.38. The Morgan fingerprint density at radius 2 is 2.00 bits per heavy atom. The third-order valence-electron chi connectivity index (χ3n) is 5.31. The highest BCUT2D eigenvalue weighted by Gasteiger charge is 2.42. The molecule has 0 spiro atoms. The Morgan fingerprint density at radius 1 is 1.23 bits per heavy atom. The number of ether oxygens (including phenoxy) is 1. The van der Waals surface area contributed by atoms with Crippen LogP contribution in [0.25, 0.3) is 0 Å². The van der Waals surface area contributed by atoms with Crippen LogP contribution >= 0.6 is 0 Å². The second-order valence-electron chi connectivity index (χ2n) is 7.95. The average Bonchev–Trinajstić information content (AvgIpc) is 2.76. The molecule has 2 aromatic rings. The van der Waals surface area contributed by atoms with E-state index in [1.165, 1.54) is 24.8 Å². The van der Waals surface area contributed by atoms with E-state index in [9.17, 15) is 13.6 Å². The van der Waals surface area contributed by atoms with Gasteiger partial charge < -0.3 is 10.1 Å². The maximum atomic E-state index is 14.3. The van der Waals surface area contributed by atoms with Gasteiger partial charge in [0.25, 0.3) is 0 Å². The lowest BCUT2D eigenvalue weighted by molar-refractivity contribution is -0.141. The minimum atomic E-state index is -3.70. The van der Waals surface area contributed by atoms with Crippen molar-refractivity contribution >= 4 is 11.6 Å². The quantitative estimate of drug-likeness (QED) is 0.683. The van der Waals surface area contributed by atoms with Gasteiger partial charge >= 0.3 is 11.8 Å². The van der Waals surface area contributed by atoms with Gasteiger partial charge in [0.05, 0.1) is 6.10 Å². The summed E-state index contributed by atoms with van der Waals surface area (Å²) in [6.07, 6.45) is 4.91. The molecule has 1 aromatic carbocycles. The van der Waals surface area contributed by atoms with Crippen molar-refractivity contribution in [1.29, 1.82) is 0 Å². The number of rotatable bonds is 8. The van der Waals surface area contributed by atoms with Crippen molar-refractivity contribution in [2.45, 2.75) is 57.7 Å². The first-order valence-electron chi connectivity index (χ1n) is 10.4. The molecule has 0 aliphatic carbocycles. The van der Waals surface area contributed by atoms with Crippen LogP contribution in [0.5, 0.6) is 0 Å². The summed E-state index contributed by atoms with van der Waals surface area (Å²) >= 11 is 0. The first-order valence-corrected chi connectivity index (χ1v) is 10.4. The van der Waals surface area contributed by atoms with Crippen LogP contribution in [0.3, 0.4) is 0 Å². The third-order valence-corrected chi connectivity index (χ3v) is 5.31. The highest BCUT2D eigenvalue weighted by Crippen LogP contribution is 2.28. The SMILES string of the molecule is CC(C)N(Cc1ccc(NC(=O)C(F)(F)c2ccccn2)cc1)CC1CCCCO1. The zero-order valence-corrected chi connectivity index (χ0v) is 17.5. The first-order chi connectivity index (χ1) is 14.4. The third kappa shape index (κ3) is 5.83. The van der Waals surface area contributed by atoms with E-state index in [0.29, 0.717) is 11.7 Å². The Labute approximate surface area is 176 Å². The maximum Gasteiger partial charge on any atom is 0.366 e. The number of benzene rings is 1. The van der Waals surface area contributed by atoms with Gasteiger partial charge in [-0.05, 0) is 62.9 Å². The highest BCUT2D eigenvalue weighted by atomic mass is 19.3. The van der Waals surface area contributed by atoms with Gasteiger partial charge in [-0.3, -0.25) is 14.7 Å².